The van der Waals surface area contributed by atoms with E-state index in [1.165, 1.54) is 6.33 Å². The van der Waals surface area contributed by atoms with Gasteiger partial charge >= 0.3 is 0 Å². The third-order valence-electron chi connectivity index (χ3n) is 7.36. The van der Waals surface area contributed by atoms with Crippen molar-refractivity contribution in [2.45, 2.75) is 32.2 Å². The standard InChI is InChI=1S/C33H31N5O2/c1-2-38(21-34)33(40)31(19-28-20-35-22-36-28)37-32(39)27(17-25-13-7-11-23-9-3-5-15-29(23)25)18-26-14-8-12-24-10-4-6-16-30(24)26/h3-16,20,22,27,31H,2,17-19H2,1H3,(H,35,36)(H,37,39). The van der Waals surface area contributed by atoms with Gasteiger partial charge in [-0.25, -0.2) is 9.88 Å². The van der Waals surface area contributed by atoms with Crippen molar-refractivity contribution in [1.29, 1.82) is 5.26 Å². The van der Waals surface area contributed by atoms with Crippen LogP contribution >= 0.6 is 0 Å². The minimum atomic E-state index is -0.907. The lowest BCUT2D eigenvalue weighted by molar-refractivity contribution is -0.135. The summed E-state index contributed by atoms with van der Waals surface area (Å²) in [4.78, 5) is 35.5. The van der Waals surface area contributed by atoms with Crippen molar-refractivity contribution in [1.82, 2.24) is 20.2 Å². The lowest BCUT2D eigenvalue weighted by Crippen LogP contribution is -2.50. The first-order valence-electron chi connectivity index (χ1n) is 13.5. The average molecular weight is 530 g/mol. The number of aromatic nitrogens is 2. The summed E-state index contributed by atoms with van der Waals surface area (Å²) in [6.45, 7) is 1.96. The fourth-order valence-electron chi connectivity index (χ4n) is 5.30. The highest BCUT2D eigenvalue weighted by Crippen LogP contribution is 2.26. The second kappa shape index (κ2) is 12.3. The third-order valence-corrected chi connectivity index (χ3v) is 7.36. The average Bonchev–Trinajstić information content (AvgIpc) is 3.50. The molecule has 0 aliphatic rings. The number of carbonyl (C=O) groups excluding carboxylic acids is 2. The van der Waals surface area contributed by atoms with Crippen molar-refractivity contribution >= 4 is 33.4 Å². The molecule has 0 radical (unpaired) electrons. The molecule has 1 aromatic heterocycles. The number of likely N-dealkylation sites (N-methyl/N-ethyl adjacent to an activating group) is 1. The Bertz CT molecular complexity index is 1580. The van der Waals surface area contributed by atoms with E-state index in [1.807, 2.05) is 42.6 Å². The molecule has 1 heterocycles. The smallest absolute Gasteiger partial charge is 0.258 e. The molecule has 0 aliphatic carbocycles. The minimum absolute atomic E-state index is 0.206. The number of nitrogens with one attached hydrogen (secondary N) is 2. The number of aromatic amines is 1. The first-order valence-corrected chi connectivity index (χ1v) is 13.5. The monoisotopic (exact) mass is 529 g/mol. The Labute approximate surface area is 233 Å². The molecule has 200 valence electrons. The topological polar surface area (TPSA) is 102 Å². The molecule has 1 unspecified atom stereocenters. The highest BCUT2D eigenvalue weighted by atomic mass is 16.2. The summed E-state index contributed by atoms with van der Waals surface area (Å²) in [7, 11) is 0. The molecular weight excluding hydrogens is 498 g/mol. The molecule has 0 spiro atoms. The van der Waals surface area contributed by atoms with E-state index in [0.717, 1.165) is 37.6 Å². The van der Waals surface area contributed by atoms with Gasteiger partial charge in [-0.3, -0.25) is 9.59 Å². The molecule has 4 aromatic carbocycles. The fraction of sp³-hybridized carbons (Fsp3) is 0.212. The van der Waals surface area contributed by atoms with Gasteiger partial charge in [0.1, 0.15) is 6.04 Å². The summed E-state index contributed by atoms with van der Waals surface area (Å²) < 4.78 is 0. The number of nitrogens with zero attached hydrogens (tertiary/aromatic N) is 3. The first kappa shape index (κ1) is 26.6. The zero-order chi connectivity index (χ0) is 27.9. The number of carbonyl (C=O) groups is 2. The van der Waals surface area contributed by atoms with Crippen molar-refractivity contribution in [3.8, 4) is 6.19 Å². The molecule has 1 atom stereocenters. The highest BCUT2D eigenvalue weighted by Gasteiger charge is 2.30. The summed E-state index contributed by atoms with van der Waals surface area (Å²) in [5.41, 5.74) is 2.84. The second-order valence-corrected chi connectivity index (χ2v) is 9.91. The SMILES string of the molecule is CCN(C#N)C(=O)C(Cc1cnc[nH]1)NC(=O)C(Cc1cccc2ccccc12)Cc1cccc2ccccc12. The molecule has 5 aromatic rings. The van der Waals surface area contributed by atoms with Gasteiger partial charge in [0.2, 0.25) is 5.91 Å². The van der Waals surface area contributed by atoms with Crippen LogP contribution in [-0.2, 0) is 28.9 Å². The van der Waals surface area contributed by atoms with E-state index in [0.29, 0.717) is 18.5 Å². The van der Waals surface area contributed by atoms with Gasteiger partial charge < -0.3 is 10.3 Å². The normalized spacial score (nSPS) is 11.8. The second-order valence-electron chi connectivity index (χ2n) is 9.91. The van der Waals surface area contributed by atoms with Crippen molar-refractivity contribution in [3.05, 3.63) is 114 Å². The Balaban J connectivity index is 1.50. The number of nitriles is 1. The number of imidazole rings is 1. The van der Waals surface area contributed by atoms with E-state index in [4.69, 9.17) is 0 Å². The van der Waals surface area contributed by atoms with Gasteiger partial charge in [0.05, 0.1) is 6.33 Å². The Kier molecular flexibility index (Phi) is 8.17. The molecule has 0 saturated carbocycles. The molecule has 2 amide bonds. The molecule has 0 saturated heterocycles. The predicted octanol–water partition coefficient (Wildman–Crippen LogP) is 5.17. The van der Waals surface area contributed by atoms with Crippen LogP contribution in [-0.4, -0.2) is 39.3 Å². The predicted molar refractivity (Wildman–Crippen MR) is 156 cm³/mol. The van der Waals surface area contributed by atoms with Crippen LogP contribution in [0.2, 0.25) is 0 Å². The van der Waals surface area contributed by atoms with Crippen molar-refractivity contribution in [2.75, 3.05) is 6.54 Å². The molecule has 5 rings (SSSR count). The third kappa shape index (κ3) is 5.87. The molecule has 0 aliphatic heterocycles. The number of amides is 2. The van der Waals surface area contributed by atoms with Gasteiger partial charge in [-0.05, 0) is 52.4 Å². The van der Waals surface area contributed by atoms with Gasteiger partial charge in [-0.2, -0.15) is 5.26 Å². The maximum absolute atomic E-state index is 14.1. The van der Waals surface area contributed by atoms with Crippen LogP contribution in [0.3, 0.4) is 0 Å². The number of benzene rings is 4. The van der Waals surface area contributed by atoms with Gasteiger partial charge in [0.25, 0.3) is 5.91 Å². The van der Waals surface area contributed by atoms with Crippen molar-refractivity contribution in [3.63, 3.8) is 0 Å². The lowest BCUT2D eigenvalue weighted by Gasteiger charge is -2.25. The van der Waals surface area contributed by atoms with Crippen LogP contribution in [0, 0.1) is 17.4 Å². The largest absolute Gasteiger partial charge is 0.348 e. The van der Waals surface area contributed by atoms with Gasteiger partial charge in [0.15, 0.2) is 6.19 Å². The van der Waals surface area contributed by atoms with Crippen LogP contribution in [0.15, 0.2) is 97.5 Å². The Morgan fingerprint density at radius 1 is 0.875 bits per heavy atom. The Morgan fingerprint density at radius 3 is 1.98 bits per heavy atom. The number of hydrogen-bond acceptors (Lipinski definition) is 4. The van der Waals surface area contributed by atoms with E-state index >= 15 is 0 Å². The molecule has 0 bridgehead atoms. The summed E-state index contributed by atoms with van der Waals surface area (Å²) in [6, 6.07) is 27.7. The number of fused-ring (bicyclic) bond motifs is 2. The minimum Gasteiger partial charge on any atom is -0.348 e. The molecule has 40 heavy (non-hydrogen) atoms. The Morgan fingerprint density at radius 2 is 1.45 bits per heavy atom. The molecule has 7 nitrogen and oxygen atoms in total. The van der Waals surface area contributed by atoms with Crippen LogP contribution < -0.4 is 5.32 Å². The number of H-pyrrole nitrogens is 1. The summed E-state index contributed by atoms with van der Waals surface area (Å²) >= 11 is 0. The van der Waals surface area contributed by atoms with Crippen LogP contribution in [0.1, 0.15) is 23.7 Å². The Hall–Kier alpha value is -4.96. The maximum Gasteiger partial charge on any atom is 0.258 e. The zero-order valence-electron chi connectivity index (χ0n) is 22.4. The van der Waals surface area contributed by atoms with Gasteiger partial charge in [0, 0.05) is 30.8 Å². The maximum atomic E-state index is 14.1. The first-order chi connectivity index (χ1) is 19.6. The number of rotatable bonds is 10. The van der Waals surface area contributed by atoms with E-state index in [9.17, 15) is 14.9 Å². The van der Waals surface area contributed by atoms with Crippen LogP contribution in [0.4, 0.5) is 0 Å². The summed E-state index contributed by atoms with van der Waals surface area (Å²) in [5, 5.41) is 17.0. The zero-order valence-corrected chi connectivity index (χ0v) is 22.4. The van der Waals surface area contributed by atoms with E-state index in [1.54, 1.807) is 13.1 Å². The molecule has 0 fully saturated rings. The van der Waals surface area contributed by atoms with Crippen LogP contribution in [0.25, 0.3) is 21.5 Å². The quantitative estimate of drug-likeness (QED) is 0.192. The van der Waals surface area contributed by atoms with Crippen LogP contribution in [0.5, 0.6) is 0 Å². The summed E-state index contributed by atoms with van der Waals surface area (Å²) in [6.07, 6.45) is 6.30. The van der Waals surface area contributed by atoms with Gasteiger partial charge in [-0.15, -0.1) is 0 Å². The highest BCUT2D eigenvalue weighted by molar-refractivity contribution is 5.91. The summed E-state index contributed by atoms with van der Waals surface area (Å²) in [5.74, 6) is -1.12. The lowest BCUT2D eigenvalue weighted by atomic mass is 9.87. The van der Waals surface area contributed by atoms with E-state index < -0.39 is 17.9 Å². The molecular formula is C33H31N5O2. The fourth-order valence-corrected chi connectivity index (χ4v) is 5.30. The van der Waals surface area contributed by atoms with E-state index in [-0.39, 0.29) is 18.9 Å². The van der Waals surface area contributed by atoms with Crippen molar-refractivity contribution in [2.24, 2.45) is 5.92 Å². The van der Waals surface area contributed by atoms with E-state index in [2.05, 4.69) is 63.8 Å². The van der Waals surface area contributed by atoms with Gasteiger partial charge in [-0.1, -0.05) is 84.9 Å². The molecule has 7 heteroatoms. The molecule has 2 N–H and O–H groups in total. The number of hydrogen-bond donors (Lipinski definition) is 2. The van der Waals surface area contributed by atoms with Crippen molar-refractivity contribution < 1.29 is 9.59 Å².